The summed E-state index contributed by atoms with van der Waals surface area (Å²) >= 11 is 0. The van der Waals surface area contributed by atoms with Gasteiger partial charge in [0.25, 0.3) is 11.2 Å². The molecule has 7 heteroatoms. The molecule has 7 nitrogen and oxygen atoms in total. The summed E-state index contributed by atoms with van der Waals surface area (Å²) in [6, 6.07) is 12.0. The first-order valence-corrected chi connectivity index (χ1v) is 8.16. The Morgan fingerprint density at radius 2 is 1.84 bits per heavy atom. The van der Waals surface area contributed by atoms with E-state index in [1.807, 2.05) is 6.07 Å². The maximum absolute atomic E-state index is 12.8. The Balaban J connectivity index is 1.94. The summed E-state index contributed by atoms with van der Waals surface area (Å²) in [5, 5.41) is 16.8. The summed E-state index contributed by atoms with van der Waals surface area (Å²) in [6.45, 7) is 1.83. The SMILES string of the molecule is O=c1c2ccccc2cnn1-c1cc(N2CCCC2)ccc1[N+](=O)[O-]. The summed E-state index contributed by atoms with van der Waals surface area (Å²) < 4.78 is 1.13. The van der Waals surface area contributed by atoms with Gasteiger partial charge in [0.1, 0.15) is 5.69 Å². The molecule has 1 fully saturated rings. The number of nitrogens with zero attached hydrogens (tertiary/aromatic N) is 4. The highest BCUT2D eigenvalue weighted by Crippen LogP contribution is 2.29. The van der Waals surface area contributed by atoms with E-state index in [4.69, 9.17) is 0 Å². The number of nitro groups is 1. The summed E-state index contributed by atoms with van der Waals surface area (Å²) in [4.78, 5) is 25.9. The minimum Gasteiger partial charge on any atom is -0.371 e. The van der Waals surface area contributed by atoms with Gasteiger partial charge in [-0.25, -0.2) is 0 Å². The predicted octanol–water partition coefficient (Wildman–Crippen LogP) is 2.89. The molecule has 1 aromatic heterocycles. The smallest absolute Gasteiger partial charge is 0.295 e. The van der Waals surface area contributed by atoms with Gasteiger partial charge in [-0.1, -0.05) is 18.2 Å². The van der Waals surface area contributed by atoms with Crippen LogP contribution in [-0.4, -0.2) is 27.8 Å². The van der Waals surface area contributed by atoms with Crippen molar-refractivity contribution in [3.05, 3.63) is 69.1 Å². The number of benzene rings is 2. The van der Waals surface area contributed by atoms with Gasteiger partial charge < -0.3 is 4.90 Å². The highest BCUT2D eigenvalue weighted by atomic mass is 16.6. The minimum absolute atomic E-state index is 0.132. The molecule has 25 heavy (non-hydrogen) atoms. The quantitative estimate of drug-likeness (QED) is 0.542. The molecule has 0 bridgehead atoms. The second-order valence-corrected chi connectivity index (χ2v) is 6.07. The monoisotopic (exact) mass is 336 g/mol. The number of hydrogen-bond acceptors (Lipinski definition) is 5. The molecule has 0 atom stereocenters. The lowest BCUT2D eigenvalue weighted by Gasteiger charge is -2.18. The number of rotatable bonds is 3. The molecule has 0 amide bonds. The highest BCUT2D eigenvalue weighted by Gasteiger charge is 2.21. The summed E-state index contributed by atoms with van der Waals surface area (Å²) in [5.74, 6) is 0. The van der Waals surface area contributed by atoms with Crippen molar-refractivity contribution in [2.75, 3.05) is 18.0 Å². The Kier molecular flexibility index (Phi) is 3.68. The van der Waals surface area contributed by atoms with Gasteiger partial charge in [-0.05, 0) is 31.0 Å². The molecule has 0 spiro atoms. The second kappa shape index (κ2) is 6.01. The maximum atomic E-state index is 12.8. The van der Waals surface area contributed by atoms with Crippen LogP contribution in [0.5, 0.6) is 0 Å². The third-order valence-corrected chi connectivity index (χ3v) is 4.55. The fourth-order valence-electron chi connectivity index (χ4n) is 3.27. The van der Waals surface area contributed by atoms with Crippen molar-refractivity contribution in [3.8, 4) is 5.69 Å². The molecule has 4 rings (SSSR count). The van der Waals surface area contributed by atoms with Crippen LogP contribution in [0.15, 0.2) is 53.5 Å². The van der Waals surface area contributed by atoms with Crippen molar-refractivity contribution >= 4 is 22.1 Å². The van der Waals surface area contributed by atoms with Gasteiger partial charge in [0.15, 0.2) is 0 Å². The Morgan fingerprint density at radius 3 is 2.60 bits per heavy atom. The van der Waals surface area contributed by atoms with Gasteiger partial charge in [-0.15, -0.1) is 0 Å². The van der Waals surface area contributed by atoms with Gasteiger partial charge in [0.05, 0.1) is 16.5 Å². The van der Waals surface area contributed by atoms with Gasteiger partial charge in [-0.3, -0.25) is 14.9 Å². The number of nitro benzene ring substituents is 1. The number of hydrogen-bond donors (Lipinski definition) is 0. The third kappa shape index (κ3) is 2.63. The van der Waals surface area contributed by atoms with Crippen molar-refractivity contribution < 1.29 is 4.92 Å². The van der Waals surface area contributed by atoms with E-state index in [1.54, 1.807) is 36.5 Å². The Bertz CT molecular complexity index is 1020. The van der Waals surface area contributed by atoms with Crippen LogP contribution in [0.4, 0.5) is 11.4 Å². The molecule has 2 heterocycles. The van der Waals surface area contributed by atoms with Crippen LogP contribution >= 0.6 is 0 Å². The number of anilines is 1. The van der Waals surface area contributed by atoms with Crippen LogP contribution in [0.1, 0.15) is 12.8 Å². The lowest BCUT2D eigenvalue weighted by atomic mass is 10.2. The molecule has 0 unspecified atom stereocenters. The average molecular weight is 336 g/mol. The van der Waals surface area contributed by atoms with Crippen molar-refractivity contribution in [3.63, 3.8) is 0 Å². The summed E-state index contributed by atoms with van der Waals surface area (Å²) in [5.41, 5.74) is 0.581. The van der Waals surface area contributed by atoms with Crippen LogP contribution in [0.25, 0.3) is 16.5 Å². The van der Waals surface area contributed by atoms with Crippen LogP contribution in [0.3, 0.4) is 0 Å². The second-order valence-electron chi connectivity index (χ2n) is 6.07. The molecular weight excluding hydrogens is 320 g/mol. The van der Waals surface area contributed by atoms with E-state index >= 15 is 0 Å². The molecule has 2 aromatic carbocycles. The number of aromatic nitrogens is 2. The zero-order valence-electron chi connectivity index (χ0n) is 13.5. The largest absolute Gasteiger partial charge is 0.371 e. The van der Waals surface area contributed by atoms with E-state index < -0.39 is 4.92 Å². The molecule has 0 aliphatic carbocycles. The fourth-order valence-corrected chi connectivity index (χ4v) is 3.27. The molecule has 1 aliphatic heterocycles. The van der Waals surface area contributed by atoms with E-state index in [0.29, 0.717) is 10.8 Å². The molecule has 1 aliphatic rings. The molecule has 3 aromatic rings. The summed E-state index contributed by atoms with van der Waals surface area (Å²) in [6.07, 6.45) is 3.75. The standard InChI is InChI=1S/C18H16N4O3/c23-18-15-6-2-1-5-13(15)12-19-21(18)17-11-14(20-9-3-4-10-20)7-8-16(17)22(24)25/h1-2,5-8,11-12H,3-4,9-10H2. The van der Waals surface area contributed by atoms with Gasteiger partial charge in [0.2, 0.25) is 0 Å². The van der Waals surface area contributed by atoms with Crippen molar-refractivity contribution in [1.29, 1.82) is 0 Å². The zero-order valence-corrected chi connectivity index (χ0v) is 13.5. The number of fused-ring (bicyclic) bond motifs is 1. The van der Waals surface area contributed by atoms with Crippen LogP contribution < -0.4 is 10.5 Å². The molecule has 0 N–H and O–H groups in total. The molecule has 0 saturated carbocycles. The van der Waals surface area contributed by atoms with Gasteiger partial charge >= 0.3 is 0 Å². The first-order chi connectivity index (χ1) is 12.1. The van der Waals surface area contributed by atoms with Crippen LogP contribution in [-0.2, 0) is 0 Å². The van der Waals surface area contributed by atoms with Crippen molar-refractivity contribution in [2.45, 2.75) is 12.8 Å². The van der Waals surface area contributed by atoms with E-state index in [2.05, 4.69) is 10.00 Å². The Hall–Kier alpha value is -3.22. The summed E-state index contributed by atoms with van der Waals surface area (Å²) in [7, 11) is 0. The molecule has 0 radical (unpaired) electrons. The lowest BCUT2D eigenvalue weighted by molar-refractivity contribution is -0.384. The average Bonchev–Trinajstić information content (AvgIpc) is 3.16. The molecule has 126 valence electrons. The maximum Gasteiger partial charge on any atom is 0.295 e. The minimum atomic E-state index is -0.480. The predicted molar refractivity (Wildman–Crippen MR) is 95.4 cm³/mol. The highest BCUT2D eigenvalue weighted by molar-refractivity contribution is 5.81. The topological polar surface area (TPSA) is 81.3 Å². The lowest BCUT2D eigenvalue weighted by Crippen LogP contribution is -2.23. The van der Waals surface area contributed by atoms with E-state index in [-0.39, 0.29) is 16.9 Å². The van der Waals surface area contributed by atoms with E-state index in [1.165, 1.54) is 6.07 Å². The van der Waals surface area contributed by atoms with E-state index in [9.17, 15) is 14.9 Å². The normalized spacial score (nSPS) is 14.2. The molecule has 1 saturated heterocycles. The van der Waals surface area contributed by atoms with Gasteiger partial charge in [0, 0.05) is 30.2 Å². The van der Waals surface area contributed by atoms with Crippen molar-refractivity contribution in [1.82, 2.24) is 9.78 Å². The van der Waals surface area contributed by atoms with Crippen LogP contribution in [0.2, 0.25) is 0 Å². The van der Waals surface area contributed by atoms with E-state index in [0.717, 1.165) is 36.3 Å². The molecular formula is C18H16N4O3. The Morgan fingerprint density at radius 1 is 1.08 bits per heavy atom. The first-order valence-electron chi connectivity index (χ1n) is 8.16. The van der Waals surface area contributed by atoms with Crippen molar-refractivity contribution in [2.24, 2.45) is 0 Å². The first kappa shape index (κ1) is 15.3. The Labute approximate surface area is 143 Å². The fraction of sp³-hybridized carbons (Fsp3) is 0.222. The van der Waals surface area contributed by atoms with Gasteiger partial charge in [-0.2, -0.15) is 9.78 Å². The third-order valence-electron chi connectivity index (χ3n) is 4.55. The van der Waals surface area contributed by atoms with Crippen LogP contribution in [0, 0.1) is 10.1 Å². The zero-order chi connectivity index (χ0) is 17.4.